The summed E-state index contributed by atoms with van der Waals surface area (Å²) in [6.07, 6.45) is -0.629. The van der Waals surface area contributed by atoms with E-state index in [0.29, 0.717) is 6.42 Å². The number of nitrogens with one attached hydrogen (secondary N) is 7. The number of carboxylic acid groups (broad SMARTS) is 2. The van der Waals surface area contributed by atoms with Crippen LogP contribution < -0.4 is 54.4 Å². The fraction of sp³-hybridized carbons (Fsp3) is 0.590. The van der Waals surface area contributed by atoms with Crippen molar-refractivity contribution in [3.63, 3.8) is 0 Å². The van der Waals surface area contributed by atoms with Crippen LogP contribution in [0.5, 0.6) is 0 Å². The van der Waals surface area contributed by atoms with Gasteiger partial charge in [0.25, 0.3) is 0 Å². The number of hydrogen-bond donors (Lipinski definition) is 14. The van der Waals surface area contributed by atoms with E-state index in [1.54, 1.807) is 58.0 Å². The molecular formula is C39H63N11O13. The van der Waals surface area contributed by atoms with E-state index in [2.05, 4.69) is 42.2 Å². The van der Waals surface area contributed by atoms with Crippen molar-refractivity contribution in [1.29, 1.82) is 0 Å². The Hall–Kier alpha value is -6.40. The standard InChI is InChI=1S/C39H63N11O13/c1-5-21(4)31(38(62)63)50-37(61)28(19-52)49-35(59)26(16-30(54)55)48-34(58)25(14-20(2)3)47-33(57)24(12-9-13-43-39(41)42)46-36(60)27(18-51)45-29(53)17-44-32(56)23(40)15-22-10-7-6-8-11-22/h6-8,10-11,20-21,23-28,31,51-52H,5,9,12-19,40H2,1-4H3,(H,44,56)(H,45,53)(H,46,60)(H,47,57)(H,48,58)(H,49,59)(H,50,61)(H,54,55)(H,62,63)(H4,41,42,43)/t21-,23-,24-,25-,26-,27-,28-,31-/m0/s1. The van der Waals surface area contributed by atoms with Crippen LogP contribution >= 0.6 is 0 Å². The van der Waals surface area contributed by atoms with Gasteiger partial charge in [-0.05, 0) is 43.1 Å². The summed E-state index contributed by atoms with van der Waals surface area (Å²) in [6, 6.07) is -1.67. The molecule has 0 saturated carbocycles. The summed E-state index contributed by atoms with van der Waals surface area (Å²) < 4.78 is 0. The van der Waals surface area contributed by atoms with Crippen LogP contribution in [-0.2, 0) is 49.6 Å². The first kappa shape index (κ1) is 54.6. The molecule has 24 heteroatoms. The summed E-state index contributed by atoms with van der Waals surface area (Å²) >= 11 is 0. The Morgan fingerprint density at radius 1 is 0.683 bits per heavy atom. The maximum atomic E-state index is 13.8. The van der Waals surface area contributed by atoms with Crippen LogP contribution in [0.4, 0.5) is 0 Å². The maximum absolute atomic E-state index is 13.8. The maximum Gasteiger partial charge on any atom is 0.326 e. The number of carbonyl (C=O) groups excluding carboxylic acids is 7. The molecule has 0 saturated heterocycles. The van der Waals surface area contributed by atoms with Crippen molar-refractivity contribution in [2.75, 3.05) is 26.3 Å². The molecule has 0 unspecified atom stereocenters. The lowest BCUT2D eigenvalue weighted by molar-refractivity contribution is -0.144. The van der Waals surface area contributed by atoms with E-state index < -0.39 is 128 Å². The number of aliphatic hydroxyl groups is 2. The number of aliphatic imine (C=N–C) groups is 1. The quantitative estimate of drug-likeness (QED) is 0.0204. The van der Waals surface area contributed by atoms with E-state index in [0.717, 1.165) is 5.56 Å². The molecule has 17 N–H and O–H groups in total. The number of carboxylic acids is 2. The molecule has 0 aliphatic heterocycles. The van der Waals surface area contributed by atoms with E-state index >= 15 is 0 Å². The molecule has 7 amide bonds. The minimum Gasteiger partial charge on any atom is -0.481 e. The van der Waals surface area contributed by atoms with Gasteiger partial charge in [0.05, 0.1) is 32.2 Å². The van der Waals surface area contributed by atoms with E-state index in [9.17, 15) is 63.6 Å². The van der Waals surface area contributed by atoms with Crippen LogP contribution in [0, 0.1) is 11.8 Å². The fourth-order valence-electron chi connectivity index (χ4n) is 5.78. The van der Waals surface area contributed by atoms with Gasteiger partial charge in [-0.1, -0.05) is 64.4 Å². The number of hydrogen-bond acceptors (Lipinski definition) is 13. The van der Waals surface area contributed by atoms with Gasteiger partial charge in [0.15, 0.2) is 5.96 Å². The van der Waals surface area contributed by atoms with Crippen LogP contribution in [0.1, 0.15) is 65.4 Å². The summed E-state index contributed by atoms with van der Waals surface area (Å²) in [5, 5.41) is 55.0. The number of benzene rings is 1. The first-order chi connectivity index (χ1) is 29.6. The Morgan fingerprint density at radius 2 is 1.19 bits per heavy atom. The van der Waals surface area contributed by atoms with Gasteiger partial charge in [-0.2, -0.15) is 0 Å². The van der Waals surface area contributed by atoms with Crippen molar-refractivity contribution >= 4 is 59.2 Å². The minimum atomic E-state index is -1.87. The number of guanidine groups is 1. The summed E-state index contributed by atoms with van der Waals surface area (Å²) in [7, 11) is 0. The average Bonchev–Trinajstić information content (AvgIpc) is 3.22. The second kappa shape index (κ2) is 28.2. The van der Waals surface area contributed by atoms with Crippen molar-refractivity contribution in [3.05, 3.63) is 35.9 Å². The van der Waals surface area contributed by atoms with E-state index in [-0.39, 0.29) is 44.1 Å². The second-order valence-electron chi connectivity index (χ2n) is 15.1. The smallest absolute Gasteiger partial charge is 0.326 e. The Balaban J connectivity index is 3.19. The highest BCUT2D eigenvalue weighted by Crippen LogP contribution is 2.11. The molecule has 0 bridgehead atoms. The van der Waals surface area contributed by atoms with Crippen LogP contribution in [0.15, 0.2) is 35.3 Å². The van der Waals surface area contributed by atoms with Gasteiger partial charge in [0.2, 0.25) is 41.4 Å². The number of rotatable bonds is 29. The fourth-order valence-corrected chi connectivity index (χ4v) is 5.78. The van der Waals surface area contributed by atoms with Gasteiger partial charge < -0.3 is 74.8 Å². The molecule has 63 heavy (non-hydrogen) atoms. The van der Waals surface area contributed by atoms with Gasteiger partial charge in [-0.25, -0.2) is 4.79 Å². The van der Waals surface area contributed by atoms with Crippen LogP contribution in [0.3, 0.4) is 0 Å². The average molecular weight is 894 g/mol. The minimum absolute atomic E-state index is 0.00239. The van der Waals surface area contributed by atoms with Gasteiger partial charge in [0.1, 0.15) is 36.3 Å². The Labute approximate surface area is 364 Å². The first-order valence-electron chi connectivity index (χ1n) is 20.2. The summed E-state index contributed by atoms with van der Waals surface area (Å²) in [5.41, 5.74) is 17.5. The largest absolute Gasteiger partial charge is 0.481 e. The number of aliphatic hydroxyl groups excluding tert-OH is 2. The molecular weight excluding hydrogens is 830 g/mol. The van der Waals surface area contributed by atoms with Gasteiger partial charge in [-0.15, -0.1) is 0 Å². The molecule has 1 rings (SSSR count). The summed E-state index contributed by atoms with van der Waals surface area (Å²) in [6.45, 7) is 4.03. The summed E-state index contributed by atoms with van der Waals surface area (Å²) in [5.74, 6) is -10.9. The number of aliphatic carboxylic acids is 2. The highest BCUT2D eigenvalue weighted by atomic mass is 16.4. The highest BCUT2D eigenvalue weighted by molar-refractivity contribution is 5.98. The zero-order valence-corrected chi connectivity index (χ0v) is 35.8. The third-order valence-corrected chi connectivity index (χ3v) is 9.42. The molecule has 0 spiro atoms. The van der Waals surface area contributed by atoms with Crippen molar-refractivity contribution in [1.82, 2.24) is 37.2 Å². The topological polar surface area (TPSA) is 409 Å². The normalized spacial score (nSPS) is 14.7. The first-order valence-corrected chi connectivity index (χ1v) is 20.2. The molecule has 1 aromatic rings. The van der Waals surface area contributed by atoms with E-state index in [1.807, 2.05) is 0 Å². The van der Waals surface area contributed by atoms with Crippen molar-refractivity contribution in [3.8, 4) is 0 Å². The second-order valence-corrected chi connectivity index (χ2v) is 15.1. The number of carbonyl (C=O) groups is 9. The predicted octanol–water partition coefficient (Wildman–Crippen LogP) is -4.73. The number of amides is 7. The molecule has 24 nitrogen and oxygen atoms in total. The SMILES string of the molecule is CC[C@H](C)[C@H](NC(=O)[C@H](CO)NC(=O)[C@H](CC(=O)O)NC(=O)[C@H](CC(C)C)NC(=O)[C@H](CCCN=C(N)N)NC(=O)[C@H](CO)NC(=O)CNC(=O)[C@@H](N)Cc1ccccc1)C(=O)O. The molecule has 0 fully saturated rings. The molecule has 1 aromatic carbocycles. The zero-order valence-electron chi connectivity index (χ0n) is 35.8. The number of nitrogens with zero attached hydrogens (tertiary/aromatic N) is 1. The highest BCUT2D eigenvalue weighted by Gasteiger charge is 2.35. The lowest BCUT2D eigenvalue weighted by Crippen LogP contribution is -2.60. The van der Waals surface area contributed by atoms with E-state index in [1.165, 1.54) is 0 Å². The molecule has 8 atom stereocenters. The molecule has 0 aliphatic carbocycles. The lowest BCUT2D eigenvalue weighted by atomic mass is 9.99. The van der Waals surface area contributed by atoms with Gasteiger partial charge in [-0.3, -0.25) is 43.3 Å². The van der Waals surface area contributed by atoms with Crippen molar-refractivity contribution < 1.29 is 63.6 Å². The Morgan fingerprint density at radius 3 is 1.73 bits per heavy atom. The van der Waals surface area contributed by atoms with Crippen LogP contribution in [0.2, 0.25) is 0 Å². The van der Waals surface area contributed by atoms with Crippen LogP contribution in [0.25, 0.3) is 0 Å². The predicted molar refractivity (Wildman–Crippen MR) is 226 cm³/mol. The molecule has 352 valence electrons. The van der Waals surface area contributed by atoms with Crippen molar-refractivity contribution in [2.45, 2.75) is 109 Å². The van der Waals surface area contributed by atoms with Crippen LogP contribution in [-0.4, -0.2) is 148 Å². The monoisotopic (exact) mass is 893 g/mol. The summed E-state index contributed by atoms with van der Waals surface area (Å²) in [4.78, 5) is 119. The lowest BCUT2D eigenvalue weighted by Gasteiger charge is -2.27. The van der Waals surface area contributed by atoms with Gasteiger partial charge in [0, 0.05) is 6.54 Å². The third kappa shape index (κ3) is 20.8. The molecule has 0 radical (unpaired) electrons. The third-order valence-electron chi connectivity index (χ3n) is 9.42. The zero-order chi connectivity index (χ0) is 47.8. The van der Waals surface area contributed by atoms with E-state index in [4.69, 9.17) is 17.2 Å². The molecule has 0 aromatic heterocycles. The molecule has 0 heterocycles. The van der Waals surface area contributed by atoms with Crippen molar-refractivity contribution in [2.24, 2.45) is 34.0 Å². The van der Waals surface area contributed by atoms with Gasteiger partial charge >= 0.3 is 11.9 Å². The Bertz CT molecular complexity index is 1740. The Kier molecular flexibility index (Phi) is 24.5. The molecule has 0 aliphatic rings. The number of nitrogens with two attached hydrogens (primary N) is 3.